The molecule has 0 radical (unpaired) electrons. The molecular weight excluding hydrogens is 282 g/mol. The molecule has 0 amide bonds. The lowest BCUT2D eigenvalue weighted by molar-refractivity contribution is 0.474. The number of aromatic hydroxyl groups is 2. The molecule has 0 unspecified atom stereocenters. The number of unbranched alkanes of at least 4 members (excludes halogenated alkanes) is 1. The van der Waals surface area contributed by atoms with Crippen LogP contribution in [0.15, 0.2) is 48.5 Å². The fraction of sp³-hybridized carbons (Fsp3) is 0.235. The molecule has 0 aromatic heterocycles. The number of thiocarbonyl (C=S) groups is 1. The first-order valence-electron chi connectivity index (χ1n) is 7.01. The highest BCUT2D eigenvalue weighted by Crippen LogP contribution is 2.22. The molecule has 0 bridgehead atoms. The van der Waals surface area contributed by atoms with Crippen molar-refractivity contribution in [2.24, 2.45) is 0 Å². The van der Waals surface area contributed by atoms with Gasteiger partial charge in [0.25, 0.3) is 0 Å². The average Bonchev–Trinajstić information content (AvgIpc) is 2.50. The van der Waals surface area contributed by atoms with Gasteiger partial charge in [0, 0.05) is 17.8 Å². The number of rotatable bonds is 5. The first-order valence-corrected chi connectivity index (χ1v) is 7.42. The van der Waals surface area contributed by atoms with E-state index < -0.39 is 0 Å². The Labute approximate surface area is 130 Å². The lowest BCUT2D eigenvalue weighted by Gasteiger charge is -2.25. The van der Waals surface area contributed by atoms with Gasteiger partial charge < -0.3 is 15.1 Å². The molecule has 0 aliphatic carbocycles. The van der Waals surface area contributed by atoms with E-state index in [1.54, 1.807) is 24.3 Å². The van der Waals surface area contributed by atoms with Crippen molar-refractivity contribution in [3.05, 3.63) is 54.1 Å². The number of hydrogen-bond acceptors (Lipinski definition) is 3. The minimum absolute atomic E-state index is 0.228. The van der Waals surface area contributed by atoms with Crippen molar-refractivity contribution in [3.63, 3.8) is 0 Å². The van der Waals surface area contributed by atoms with Crippen LogP contribution in [0.3, 0.4) is 0 Å². The van der Waals surface area contributed by atoms with E-state index in [2.05, 4.69) is 11.8 Å². The van der Waals surface area contributed by atoms with Crippen LogP contribution in [0.1, 0.15) is 25.3 Å². The van der Waals surface area contributed by atoms with Gasteiger partial charge in [-0.05, 0) is 55.0 Å². The number of nitrogens with zero attached hydrogens (tertiary/aromatic N) is 1. The molecule has 2 aromatic rings. The fourth-order valence-electron chi connectivity index (χ4n) is 2.06. The number of phenolic OH excluding ortho intramolecular Hbond substituents is 2. The average molecular weight is 301 g/mol. The lowest BCUT2D eigenvalue weighted by Crippen LogP contribution is -2.31. The van der Waals surface area contributed by atoms with Gasteiger partial charge in [0.05, 0.1) is 0 Å². The monoisotopic (exact) mass is 301 g/mol. The Morgan fingerprint density at radius 2 is 1.48 bits per heavy atom. The Bertz CT molecular complexity index is 593. The Hall–Kier alpha value is -2.07. The zero-order valence-electron chi connectivity index (χ0n) is 12.0. The van der Waals surface area contributed by atoms with Crippen molar-refractivity contribution >= 4 is 22.9 Å². The molecule has 2 aromatic carbocycles. The zero-order chi connectivity index (χ0) is 15.2. The standard InChI is InChI=1S/C17H19NO2S/c1-2-3-12-18(14-6-10-16(20)11-7-14)17(21)13-4-8-15(19)9-5-13/h4-11,19-20H,2-3,12H2,1H3. The smallest absolute Gasteiger partial charge is 0.115 e. The Morgan fingerprint density at radius 1 is 0.952 bits per heavy atom. The third-order valence-corrected chi connectivity index (χ3v) is 3.71. The molecule has 21 heavy (non-hydrogen) atoms. The van der Waals surface area contributed by atoms with E-state index in [1.807, 2.05) is 24.3 Å². The maximum atomic E-state index is 9.42. The van der Waals surface area contributed by atoms with E-state index in [-0.39, 0.29) is 11.5 Å². The molecule has 0 fully saturated rings. The third-order valence-electron chi connectivity index (χ3n) is 3.26. The van der Waals surface area contributed by atoms with E-state index in [0.717, 1.165) is 30.6 Å². The van der Waals surface area contributed by atoms with Crippen LogP contribution >= 0.6 is 12.2 Å². The van der Waals surface area contributed by atoms with Crippen molar-refractivity contribution in [1.82, 2.24) is 0 Å². The maximum absolute atomic E-state index is 9.42. The van der Waals surface area contributed by atoms with Gasteiger partial charge in [-0.3, -0.25) is 0 Å². The molecule has 3 nitrogen and oxygen atoms in total. The van der Waals surface area contributed by atoms with Crippen molar-refractivity contribution in [2.45, 2.75) is 19.8 Å². The van der Waals surface area contributed by atoms with Gasteiger partial charge in [-0.1, -0.05) is 25.6 Å². The Kier molecular flexibility index (Phi) is 5.17. The van der Waals surface area contributed by atoms with Crippen LogP contribution in [-0.2, 0) is 0 Å². The number of benzene rings is 2. The Balaban J connectivity index is 2.28. The SMILES string of the molecule is CCCCN(C(=S)c1ccc(O)cc1)c1ccc(O)cc1. The van der Waals surface area contributed by atoms with Crippen molar-refractivity contribution in [2.75, 3.05) is 11.4 Å². The summed E-state index contributed by atoms with van der Waals surface area (Å²) in [6, 6.07) is 13.9. The molecule has 0 heterocycles. The second-order valence-corrected chi connectivity index (χ2v) is 5.26. The highest BCUT2D eigenvalue weighted by Gasteiger charge is 2.13. The van der Waals surface area contributed by atoms with E-state index in [4.69, 9.17) is 12.2 Å². The summed E-state index contributed by atoms with van der Waals surface area (Å²) >= 11 is 5.60. The molecule has 0 aliphatic rings. The molecule has 0 spiro atoms. The number of hydrogen-bond donors (Lipinski definition) is 2. The summed E-state index contributed by atoms with van der Waals surface area (Å²) in [6.45, 7) is 2.96. The fourth-order valence-corrected chi connectivity index (χ4v) is 2.39. The molecule has 2 rings (SSSR count). The van der Waals surface area contributed by atoms with Crippen LogP contribution in [-0.4, -0.2) is 21.7 Å². The van der Waals surface area contributed by atoms with Crippen molar-refractivity contribution in [3.8, 4) is 11.5 Å². The summed E-state index contributed by atoms with van der Waals surface area (Å²) in [5.41, 5.74) is 1.85. The van der Waals surface area contributed by atoms with E-state index in [0.29, 0.717) is 4.99 Å². The van der Waals surface area contributed by atoms with E-state index in [9.17, 15) is 10.2 Å². The van der Waals surface area contributed by atoms with Crippen LogP contribution in [0.5, 0.6) is 11.5 Å². The highest BCUT2D eigenvalue weighted by molar-refractivity contribution is 7.81. The van der Waals surface area contributed by atoms with Gasteiger partial charge in [0.1, 0.15) is 16.5 Å². The van der Waals surface area contributed by atoms with Gasteiger partial charge in [-0.2, -0.15) is 0 Å². The highest BCUT2D eigenvalue weighted by atomic mass is 32.1. The predicted octanol–water partition coefficient (Wildman–Crippen LogP) is 4.08. The summed E-state index contributed by atoms with van der Waals surface area (Å²) in [4.78, 5) is 2.78. The second-order valence-electron chi connectivity index (χ2n) is 4.87. The molecule has 2 N–H and O–H groups in total. The lowest BCUT2D eigenvalue weighted by atomic mass is 10.1. The molecule has 4 heteroatoms. The minimum atomic E-state index is 0.228. The minimum Gasteiger partial charge on any atom is -0.508 e. The van der Waals surface area contributed by atoms with Crippen molar-refractivity contribution in [1.29, 1.82) is 0 Å². The van der Waals surface area contributed by atoms with Gasteiger partial charge in [0.15, 0.2) is 0 Å². The quantitative estimate of drug-likeness (QED) is 0.817. The van der Waals surface area contributed by atoms with E-state index in [1.165, 1.54) is 0 Å². The predicted molar refractivity (Wildman–Crippen MR) is 90.2 cm³/mol. The van der Waals surface area contributed by atoms with Crippen LogP contribution in [0.4, 0.5) is 5.69 Å². The molecule has 0 atom stereocenters. The molecule has 0 saturated heterocycles. The first-order chi connectivity index (χ1) is 10.1. The zero-order valence-corrected chi connectivity index (χ0v) is 12.8. The van der Waals surface area contributed by atoms with Gasteiger partial charge in [0.2, 0.25) is 0 Å². The maximum Gasteiger partial charge on any atom is 0.115 e. The number of phenols is 2. The normalized spacial score (nSPS) is 10.3. The summed E-state index contributed by atoms with van der Waals surface area (Å²) in [5.74, 6) is 0.469. The molecule has 110 valence electrons. The molecule has 0 aliphatic heterocycles. The second kappa shape index (κ2) is 7.09. The van der Waals surface area contributed by atoms with Crippen LogP contribution in [0.25, 0.3) is 0 Å². The van der Waals surface area contributed by atoms with Crippen LogP contribution in [0, 0.1) is 0 Å². The van der Waals surface area contributed by atoms with Crippen LogP contribution < -0.4 is 4.90 Å². The van der Waals surface area contributed by atoms with Gasteiger partial charge in [-0.15, -0.1) is 0 Å². The third kappa shape index (κ3) is 3.95. The molecular formula is C17H19NO2S. The Morgan fingerprint density at radius 3 is 2.00 bits per heavy atom. The van der Waals surface area contributed by atoms with E-state index >= 15 is 0 Å². The summed E-state index contributed by atoms with van der Waals surface area (Å²) in [7, 11) is 0. The number of anilines is 1. The van der Waals surface area contributed by atoms with Crippen molar-refractivity contribution < 1.29 is 10.2 Å². The summed E-state index contributed by atoms with van der Waals surface area (Å²) < 4.78 is 0. The molecule has 0 saturated carbocycles. The largest absolute Gasteiger partial charge is 0.508 e. The van der Waals surface area contributed by atoms with Crippen LogP contribution in [0.2, 0.25) is 0 Å². The first kappa shape index (κ1) is 15.3. The topological polar surface area (TPSA) is 43.7 Å². The summed E-state index contributed by atoms with van der Waals surface area (Å²) in [6.07, 6.45) is 2.10. The van der Waals surface area contributed by atoms with Gasteiger partial charge in [-0.25, -0.2) is 0 Å². The van der Waals surface area contributed by atoms with Gasteiger partial charge >= 0.3 is 0 Å². The summed E-state index contributed by atoms with van der Waals surface area (Å²) in [5, 5.41) is 18.8.